The van der Waals surface area contributed by atoms with E-state index in [0.717, 1.165) is 5.56 Å². The average molecular weight is 245 g/mol. The predicted molar refractivity (Wildman–Crippen MR) is 66.9 cm³/mol. The van der Waals surface area contributed by atoms with Gasteiger partial charge in [0.05, 0.1) is 24.4 Å². The first-order valence-electron chi connectivity index (χ1n) is 5.66. The zero-order valence-corrected chi connectivity index (χ0v) is 10.1. The molecule has 5 heteroatoms. The van der Waals surface area contributed by atoms with Crippen LogP contribution in [0, 0.1) is 0 Å². The maximum atomic E-state index is 11.9. The molecular weight excluding hydrogens is 230 g/mol. The molecule has 0 saturated heterocycles. The van der Waals surface area contributed by atoms with Gasteiger partial charge in [-0.2, -0.15) is 5.10 Å². The van der Waals surface area contributed by atoms with Crippen LogP contribution in [0.5, 0.6) is 0 Å². The Kier molecular flexibility index (Phi) is 3.74. The van der Waals surface area contributed by atoms with Gasteiger partial charge in [0.2, 0.25) is 0 Å². The monoisotopic (exact) mass is 245 g/mol. The van der Waals surface area contributed by atoms with E-state index in [9.17, 15) is 9.90 Å². The molecular formula is C13H15N3O2. The summed E-state index contributed by atoms with van der Waals surface area (Å²) in [4.78, 5) is 11.9. The SMILES string of the molecule is Cn1cc(C(=O)N[C@@H](CO)c2ccccc2)cn1. The van der Waals surface area contributed by atoms with E-state index in [0.29, 0.717) is 5.56 Å². The Labute approximate surface area is 105 Å². The molecule has 0 aliphatic carbocycles. The predicted octanol–water partition coefficient (Wildman–Crippen LogP) is 0.884. The van der Waals surface area contributed by atoms with Gasteiger partial charge in [-0.3, -0.25) is 9.48 Å². The third-order valence-corrected chi connectivity index (χ3v) is 2.66. The van der Waals surface area contributed by atoms with Crippen molar-refractivity contribution in [2.75, 3.05) is 6.61 Å². The van der Waals surface area contributed by atoms with Gasteiger partial charge in [-0.25, -0.2) is 0 Å². The van der Waals surface area contributed by atoms with Gasteiger partial charge in [0.25, 0.3) is 5.91 Å². The standard InChI is InChI=1S/C13H15N3O2/c1-16-8-11(7-14-16)13(18)15-12(9-17)10-5-3-2-4-6-10/h2-8,12,17H,9H2,1H3,(H,15,18)/t12-/m0/s1. The molecule has 0 aliphatic rings. The van der Waals surface area contributed by atoms with Crippen LogP contribution in [0.25, 0.3) is 0 Å². The molecule has 1 atom stereocenters. The second-order valence-corrected chi connectivity index (χ2v) is 4.02. The Balaban J connectivity index is 2.10. The number of nitrogens with zero attached hydrogens (tertiary/aromatic N) is 2. The molecule has 0 bridgehead atoms. The number of nitrogens with one attached hydrogen (secondary N) is 1. The van der Waals surface area contributed by atoms with Gasteiger partial charge < -0.3 is 10.4 Å². The van der Waals surface area contributed by atoms with E-state index in [4.69, 9.17) is 0 Å². The summed E-state index contributed by atoms with van der Waals surface area (Å²) in [7, 11) is 1.75. The number of carbonyl (C=O) groups excluding carboxylic acids is 1. The molecule has 2 aromatic rings. The molecule has 94 valence electrons. The molecule has 0 saturated carbocycles. The van der Waals surface area contributed by atoms with Crippen LogP contribution < -0.4 is 5.32 Å². The number of benzene rings is 1. The summed E-state index contributed by atoms with van der Waals surface area (Å²) in [5, 5.41) is 16.1. The lowest BCUT2D eigenvalue weighted by Crippen LogP contribution is -2.30. The third-order valence-electron chi connectivity index (χ3n) is 2.66. The summed E-state index contributed by atoms with van der Waals surface area (Å²) in [6.45, 7) is -0.143. The average Bonchev–Trinajstić information content (AvgIpc) is 2.83. The highest BCUT2D eigenvalue weighted by Gasteiger charge is 2.15. The van der Waals surface area contributed by atoms with Gasteiger partial charge in [0.1, 0.15) is 0 Å². The van der Waals surface area contributed by atoms with Crippen molar-refractivity contribution in [1.29, 1.82) is 0 Å². The van der Waals surface area contributed by atoms with Gasteiger partial charge >= 0.3 is 0 Å². The van der Waals surface area contributed by atoms with Crippen molar-refractivity contribution in [2.24, 2.45) is 7.05 Å². The van der Waals surface area contributed by atoms with E-state index < -0.39 is 6.04 Å². The molecule has 1 aromatic heterocycles. The van der Waals surface area contributed by atoms with Crippen LogP contribution in [0.1, 0.15) is 22.0 Å². The third kappa shape index (κ3) is 2.75. The van der Waals surface area contributed by atoms with Gasteiger partial charge in [-0.15, -0.1) is 0 Å². The first-order chi connectivity index (χ1) is 8.70. The first-order valence-corrected chi connectivity index (χ1v) is 5.66. The largest absolute Gasteiger partial charge is 0.394 e. The Morgan fingerprint density at radius 2 is 2.17 bits per heavy atom. The van der Waals surface area contributed by atoms with Crippen molar-refractivity contribution in [3.05, 3.63) is 53.9 Å². The quantitative estimate of drug-likeness (QED) is 0.840. The molecule has 0 unspecified atom stereocenters. The Morgan fingerprint density at radius 1 is 1.44 bits per heavy atom. The maximum Gasteiger partial charge on any atom is 0.255 e. The fourth-order valence-corrected chi connectivity index (χ4v) is 1.70. The second kappa shape index (κ2) is 5.46. The zero-order chi connectivity index (χ0) is 13.0. The summed E-state index contributed by atoms with van der Waals surface area (Å²) in [6, 6.07) is 8.96. The van der Waals surface area contributed by atoms with Crippen LogP contribution in [0.2, 0.25) is 0 Å². The minimum Gasteiger partial charge on any atom is -0.394 e. The Hall–Kier alpha value is -2.14. The summed E-state index contributed by atoms with van der Waals surface area (Å²) in [5.41, 5.74) is 1.35. The minimum absolute atomic E-state index is 0.143. The lowest BCUT2D eigenvalue weighted by molar-refractivity contribution is 0.0916. The number of hydrogen-bond acceptors (Lipinski definition) is 3. The van der Waals surface area contributed by atoms with Crippen LogP contribution >= 0.6 is 0 Å². The summed E-state index contributed by atoms with van der Waals surface area (Å²) in [5.74, 6) is -0.244. The molecule has 2 rings (SSSR count). The van der Waals surface area contributed by atoms with Crippen LogP contribution in [0.15, 0.2) is 42.7 Å². The Bertz CT molecular complexity index is 522. The number of rotatable bonds is 4. The molecule has 0 fully saturated rings. The summed E-state index contributed by atoms with van der Waals surface area (Å²) < 4.78 is 1.56. The molecule has 5 nitrogen and oxygen atoms in total. The summed E-state index contributed by atoms with van der Waals surface area (Å²) >= 11 is 0. The van der Waals surface area contributed by atoms with E-state index in [1.807, 2.05) is 30.3 Å². The number of hydrogen-bond donors (Lipinski definition) is 2. The molecule has 18 heavy (non-hydrogen) atoms. The van der Waals surface area contributed by atoms with Gasteiger partial charge in [-0.1, -0.05) is 30.3 Å². The van der Waals surface area contributed by atoms with Gasteiger partial charge in [0, 0.05) is 13.2 Å². The second-order valence-electron chi connectivity index (χ2n) is 4.02. The molecule has 0 spiro atoms. The summed E-state index contributed by atoms with van der Waals surface area (Å²) in [6.07, 6.45) is 3.13. The lowest BCUT2D eigenvalue weighted by atomic mass is 10.1. The fourth-order valence-electron chi connectivity index (χ4n) is 1.70. The van der Waals surface area contributed by atoms with Crippen molar-refractivity contribution >= 4 is 5.91 Å². The minimum atomic E-state index is -0.404. The lowest BCUT2D eigenvalue weighted by Gasteiger charge is -2.16. The number of carbonyl (C=O) groups is 1. The van der Waals surface area contributed by atoms with Crippen molar-refractivity contribution in [2.45, 2.75) is 6.04 Å². The van der Waals surface area contributed by atoms with Crippen LogP contribution in [-0.2, 0) is 7.05 Å². The molecule has 0 aliphatic heterocycles. The van der Waals surface area contributed by atoms with Crippen LogP contribution in [-0.4, -0.2) is 27.4 Å². The van der Waals surface area contributed by atoms with Crippen molar-refractivity contribution in [3.63, 3.8) is 0 Å². The number of aliphatic hydroxyl groups is 1. The molecule has 1 amide bonds. The highest BCUT2D eigenvalue weighted by atomic mass is 16.3. The van der Waals surface area contributed by atoms with E-state index >= 15 is 0 Å². The number of aliphatic hydroxyl groups excluding tert-OH is 1. The Morgan fingerprint density at radius 3 is 2.72 bits per heavy atom. The van der Waals surface area contributed by atoms with Crippen molar-refractivity contribution in [3.8, 4) is 0 Å². The van der Waals surface area contributed by atoms with E-state index in [-0.39, 0.29) is 12.5 Å². The highest BCUT2D eigenvalue weighted by molar-refractivity contribution is 5.93. The fraction of sp³-hybridized carbons (Fsp3) is 0.231. The number of aromatic nitrogens is 2. The molecule has 2 N–H and O–H groups in total. The first kappa shape index (κ1) is 12.3. The molecule has 1 heterocycles. The van der Waals surface area contributed by atoms with Gasteiger partial charge in [0.15, 0.2) is 0 Å². The van der Waals surface area contributed by atoms with Crippen molar-refractivity contribution in [1.82, 2.24) is 15.1 Å². The van der Waals surface area contributed by atoms with E-state index in [1.54, 1.807) is 17.9 Å². The van der Waals surface area contributed by atoms with Crippen LogP contribution in [0.3, 0.4) is 0 Å². The molecule has 1 aromatic carbocycles. The van der Waals surface area contributed by atoms with Crippen LogP contribution in [0.4, 0.5) is 0 Å². The smallest absolute Gasteiger partial charge is 0.255 e. The zero-order valence-electron chi connectivity index (χ0n) is 10.1. The maximum absolute atomic E-state index is 11.9. The topological polar surface area (TPSA) is 67.2 Å². The number of aryl methyl sites for hydroxylation is 1. The van der Waals surface area contributed by atoms with Crippen molar-refractivity contribution < 1.29 is 9.90 Å². The molecule has 0 radical (unpaired) electrons. The van der Waals surface area contributed by atoms with E-state index in [1.165, 1.54) is 6.20 Å². The normalized spacial score (nSPS) is 12.1. The number of amides is 1. The van der Waals surface area contributed by atoms with Gasteiger partial charge in [-0.05, 0) is 5.56 Å². The van der Waals surface area contributed by atoms with E-state index in [2.05, 4.69) is 10.4 Å². The highest BCUT2D eigenvalue weighted by Crippen LogP contribution is 2.12.